The van der Waals surface area contributed by atoms with E-state index in [1.54, 1.807) is 12.5 Å². The molecule has 0 saturated carbocycles. The fourth-order valence-electron chi connectivity index (χ4n) is 2.29. The number of nitrogens with zero attached hydrogens (tertiary/aromatic N) is 5. The summed E-state index contributed by atoms with van der Waals surface area (Å²) in [5.74, 6) is 0.573. The number of aromatic nitrogens is 4. The van der Waals surface area contributed by atoms with Crippen LogP contribution in [0.25, 0.3) is 16.7 Å². The summed E-state index contributed by atoms with van der Waals surface area (Å²) in [6.45, 7) is 0. The Hall–Kier alpha value is -3.28. The van der Waals surface area contributed by atoms with Crippen LogP contribution in [0.5, 0.6) is 0 Å². The van der Waals surface area contributed by atoms with E-state index in [4.69, 9.17) is 0 Å². The van der Waals surface area contributed by atoms with Gasteiger partial charge in [-0.15, -0.1) is 10.2 Å². The molecule has 4 aromatic rings. The van der Waals surface area contributed by atoms with E-state index in [-0.39, 0.29) is 0 Å². The van der Waals surface area contributed by atoms with Crippen LogP contribution in [0.1, 0.15) is 5.56 Å². The number of nitrogens with one attached hydrogen (secondary N) is 1. The van der Waals surface area contributed by atoms with E-state index in [2.05, 4.69) is 25.7 Å². The van der Waals surface area contributed by atoms with E-state index in [0.717, 1.165) is 16.6 Å². The minimum atomic E-state index is 0.573. The van der Waals surface area contributed by atoms with E-state index in [1.807, 2.05) is 59.0 Å². The standard InChI is InChI=1S/C16H12N6/c1-2-6-12(7-3-1)10-17-20-15-16-21-18-11-22(16)14-9-5-4-8-13(14)19-15/h1-11H,(H,19,20)/b17-10-. The molecule has 0 radical (unpaired) electrons. The molecule has 2 heterocycles. The number of benzene rings is 2. The topological polar surface area (TPSA) is 67.5 Å². The lowest BCUT2D eigenvalue weighted by molar-refractivity contribution is 1.11. The monoisotopic (exact) mass is 288 g/mol. The summed E-state index contributed by atoms with van der Waals surface area (Å²) in [6, 6.07) is 17.7. The molecule has 0 unspecified atom stereocenters. The molecule has 1 N–H and O–H groups in total. The molecule has 0 bridgehead atoms. The highest BCUT2D eigenvalue weighted by atomic mass is 15.3. The largest absolute Gasteiger partial charge is 0.277 e. The lowest BCUT2D eigenvalue weighted by Gasteiger charge is -2.05. The lowest BCUT2D eigenvalue weighted by atomic mass is 10.2. The van der Waals surface area contributed by atoms with E-state index in [1.165, 1.54) is 0 Å². The van der Waals surface area contributed by atoms with Gasteiger partial charge < -0.3 is 0 Å². The average Bonchev–Trinajstić information content (AvgIpc) is 3.06. The number of hydrogen-bond acceptors (Lipinski definition) is 5. The van der Waals surface area contributed by atoms with Gasteiger partial charge in [0.1, 0.15) is 6.33 Å². The predicted molar refractivity (Wildman–Crippen MR) is 85.9 cm³/mol. The first-order chi connectivity index (χ1) is 10.9. The molecular formula is C16H12N6. The van der Waals surface area contributed by atoms with Crippen molar-refractivity contribution in [1.29, 1.82) is 0 Å². The third-order valence-corrected chi connectivity index (χ3v) is 3.32. The first-order valence-corrected chi connectivity index (χ1v) is 6.84. The Labute approximate surface area is 126 Å². The zero-order chi connectivity index (χ0) is 14.8. The van der Waals surface area contributed by atoms with Crippen molar-refractivity contribution >= 4 is 28.7 Å². The summed E-state index contributed by atoms with van der Waals surface area (Å²) in [5, 5.41) is 12.3. The molecule has 2 aromatic carbocycles. The van der Waals surface area contributed by atoms with Crippen LogP contribution in [0.3, 0.4) is 0 Å². The van der Waals surface area contributed by atoms with Crippen molar-refractivity contribution in [2.75, 3.05) is 5.43 Å². The summed E-state index contributed by atoms with van der Waals surface area (Å²) in [5.41, 5.74) is 6.41. The van der Waals surface area contributed by atoms with Gasteiger partial charge in [0, 0.05) is 0 Å². The molecule has 0 spiro atoms. The quantitative estimate of drug-likeness (QED) is 0.465. The second kappa shape index (κ2) is 5.25. The van der Waals surface area contributed by atoms with Crippen molar-refractivity contribution in [2.24, 2.45) is 5.10 Å². The summed E-state index contributed by atoms with van der Waals surface area (Å²) in [4.78, 5) is 4.56. The molecule has 0 aliphatic carbocycles. The second-order valence-electron chi connectivity index (χ2n) is 4.75. The Bertz CT molecular complexity index is 958. The summed E-state index contributed by atoms with van der Waals surface area (Å²) in [7, 11) is 0. The maximum atomic E-state index is 4.56. The van der Waals surface area contributed by atoms with Crippen LogP contribution in [0, 0.1) is 0 Å². The van der Waals surface area contributed by atoms with Crippen molar-refractivity contribution in [3.8, 4) is 0 Å². The summed E-state index contributed by atoms with van der Waals surface area (Å²) in [6.07, 6.45) is 3.41. The van der Waals surface area contributed by atoms with Gasteiger partial charge in [-0.25, -0.2) is 4.98 Å². The SMILES string of the molecule is C(=N/Nc1nc2ccccc2n2cnnc12)/c1ccccc1. The molecule has 6 heteroatoms. The summed E-state index contributed by atoms with van der Waals surface area (Å²) >= 11 is 0. The molecule has 4 rings (SSSR count). The summed E-state index contributed by atoms with van der Waals surface area (Å²) < 4.78 is 1.89. The fraction of sp³-hybridized carbons (Fsp3) is 0. The first kappa shape index (κ1) is 12.5. The van der Waals surface area contributed by atoms with Crippen LogP contribution in [-0.2, 0) is 0 Å². The first-order valence-electron chi connectivity index (χ1n) is 6.84. The highest BCUT2D eigenvalue weighted by Gasteiger charge is 2.08. The van der Waals surface area contributed by atoms with E-state index >= 15 is 0 Å². The minimum Gasteiger partial charge on any atom is -0.277 e. The van der Waals surface area contributed by atoms with E-state index in [0.29, 0.717) is 11.5 Å². The molecule has 0 fully saturated rings. The van der Waals surface area contributed by atoms with Gasteiger partial charge in [0.25, 0.3) is 0 Å². The highest BCUT2D eigenvalue weighted by molar-refractivity contribution is 5.84. The Kier molecular flexibility index (Phi) is 2.97. The van der Waals surface area contributed by atoms with Crippen LogP contribution in [0.4, 0.5) is 5.82 Å². The van der Waals surface area contributed by atoms with Crippen LogP contribution in [0.2, 0.25) is 0 Å². The maximum absolute atomic E-state index is 4.56. The van der Waals surface area contributed by atoms with Crippen LogP contribution in [-0.4, -0.2) is 25.8 Å². The van der Waals surface area contributed by atoms with Crippen LogP contribution in [0.15, 0.2) is 66.0 Å². The predicted octanol–water partition coefficient (Wildman–Crippen LogP) is 2.72. The van der Waals surface area contributed by atoms with Crippen LogP contribution >= 0.6 is 0 Å². The van der Waals surface area contributed by atoms with Gasteiger partial charge in [0.15, 0.2) is 5.82 Å². The highest BCUT2D eigenvalue weighted by Crippen LogP contribution is 2.19. The van der Waals surface area contributed by atoms with Gasteiger partial charge in [-0.05, 0) is 17.7 Å². The Morgan fingerprint density at radius 1 is 1.00 bits per heavy atom. The number of fused-ring (bicyclic) bond motifs is 3. The normalized spacial score (nSPS) is 11.5. The zero-order valence-corrected chi connectivity index (χ0v) is 11.6. The maximum Gasteiger partial charge on any atom is 0.205 e. The molecule has 106 valence electrons. The van der Waals surface area contributed by atoms with Crippen LogP contribution < -0.4 is 5.43 Å². The third kappa shape index (κ3) is 2.16. The molecule has 2 aromatic heterocycles. The van der Waals surface area contributed by atoms with Crippen molar-refractivity contribution in [3.05, 3.63) is 66.5 Å². The molecule has 0 saturated heterocycles. The number of para-hydroxylation sites is 2. The average molecular weight is 288 g/mol. The van der Waals surface area contributed by atoms with E-state index in [9.17, 15) is 0 Å². The third-order valence-electron chi connectivity index (χ3n) is 3.32. The molecular weight excluding hydrogens is 276 g/mol. The number of hydrazone groups is 1. The zero-order valence-electron chi connectivity index (χ0n) is 11.6. The van der Waals surface area contributed by atoms with Gasteiger partial charge in [-0.1, -0.05) is 42.5 Å². The molecule has 6 nitrogen and oxygen atoms in total. The van der Waals surface area contributed by atoms with Gasteiger partial charge in [0.05, 0.1) is 17.2 Å². The number of hydrogen-bond donors (Lipinski definition) is 1. The molecule has 0 atom stereocenters. The van der Waals surface area contributed by atoms with Gasteiger partial charge in [-0.2, -0.15) is 5.10 Å². The van der Waals surface area contributed by atoms with Gasteiger partial charge in [0.2, 0.25) is 5.65 Å². The molecule has 0 aliphatic heterocycles. The fourth-order valence-corrected chi connectivity index (χ4v) is 2.29. The number of anilines is 1. The van der Waals surface area contributed by atoms with Crippen molar-refractivity contribution in [2.45, 2.75) is 0 Å². The molecule has 0 aliphatic rings. The Balaban J connectivity index is 1.74. The Morgan fingerprint density at radius 2 is 1.82 bits per heavy atom. The van der Waals surface area contributed by atoms with E-state index < -0.39 is 0 Å². The smallest absolute Gasteiger partial charge is 0.205 e. The number of rotatable bonds is 3. The Morgan fingerprint density at radius 3 is 2.73 bits per heavy atom. The second-order valence-corrected chi connectivity index (χ2v) is 4.75. The van der Waals surface area contributed by atoms with Gasteiger partial charge >= 0.3 is 0 Å². The minimum absolute atomic E-state index is 0.573. The lowest BCUT2D eigenvalue weighted by Crippen LogP contribution is -1.99. The van der Waals surface area contributed by atoms with Crippen molar-refractivity contribution < 1.29 is 0 Å². The van der Waals surface area contributed by atoms with Crippen molar-refractivity contribution in [3.63, 3.8) is 0 Å². The molecule has 0 amide bonds. The molecule has 22 heavy (non-hydrogen) atoms. The van der Waals surface area contributed by atoms with Crippen molar-refractivity contribution in [1.82, 2.24) is 19.6 Å². The van der Waals surface area contributed by atoms with Gasteiger partial charge in [-0.3, -0.25) is 9.83 Å².